The minimum absolute atomic E-state index is 0.120. The zero-order valence-electron chi connectivity index (χ0n) is 8.62. The molecule has 3 unspecified atom stereocenters. The molecule has 2 aliphatic carbocycles. The summed E-state index contributed by atoms with van der Waals surface area (Å²) in [5.74, 6) is 4.35. The van der Waals surface area contributed by atoms with E-state index in [-0.39, 0.29) is 17.9 Å². The van der Waals surface area contributed by atoms with Crippen LogP contribution in [0.5, 0.6) is 0 Å². The number of carbonyl (C=O) groups excluding carboxylic acids is 1. The Labute approximate surface area is 85.5 Å². The van der Waals surface area contributed by atoms with Crippen LogP contribution in [0.25, 0.3) is 0 Å². The number of rotatable bonds is 2. The van der Waals surface area contributed by atoms with Gasteiger partial charge in [-0.15, -0.1) is 6.42 Å². The van der Waals surface area contributed by atoms with Crippen LogP contribution in [-0.4, -0.2) is 11.9 Å². The third-order valence-electron chi connectivity index (χ3n) is 3.57. The molecule has 0 bridgehead atoms. The highest BCUT2D eigenvalue weighted by Crippen LogP contribution is 2.55. The summed E-state index contributed by atoms with van der Waals surface area (Å²) in [6, 6.07) is -0.120. The zero-order valence-corrected chi connectivity index (χ0v) is 8.62. The van der Waals surface area contributed by atoms with Gasteiger partial charge in [-0.2, -0.15) is 0 Å². The van der Waals surface area contributed by atoms with E-state index in [4.69, 9.17) is 6.42 Å². The molecule has 1 N–H and O–H groups in total. The van der Waals surface area contributed by atoms with E-state index in [1.54, 1.807) is 0 Å². The minimum Gasteiger partial charge on any atom is -0.342 e. The van der Waals surface area contributed by atoms with Gasteiger partial charge in [-0.25, -0.2) is 0 Å². The molecule has 0 spiro atoms. The molecular weight excluding hydrogens is 174 g/mol. The predicted molar refractivity (Wildman–Crippen MR) is 55.4 cm³/mol. The average Bonchev–Trinajstić information content (AvgIpc) is 2.91. The van der Waals surface area contributed by atoms with Gasteiger partial charge in [-0.3, -0.25) is 4.79 Å². The van der Waals surface area contributed by atoms with Crippen LogP contribution in [0.1, 0.15) is 32.6 Å². The van der Waals surface area contributed by atoms with Crippen molar-refractivity contribution in [3.63, 3.8) is 0 Å². The lowest BCUT2D eigenvalue weighted by Crippen LogP contribution is -2.33. The van der Waals surface area contributed by atoms with Gasteiger partial charge in [0.25, 0.3) is 0 Å². The fraction of sp³-hybridized carbons (Fsp3) is 0.750. The van der Waals surface area contributed by atoms with E-state index in [1.807, 2.05) is 6.92 Å². The fourth-order valence-corrected chi connectivity index (χ4v) is 2.73. The molecule has 2 aliphatic rings. The molecule has 0 radical (unpaired) electrons. The Morgan fingerprint density at radius 1 is 1.43 bits per heavy atom. The molecule has 76 valence electrons. The summed E-state index contributed by atoms with van der Waals surface area (Å²) in [6.07, 6.45) is 10.3. The van der Waals surface area contributed by atoms with Gasteiger partial charge in [-0.05, 0) is 31.6 Å². The van der Waals surface area contributed by atoms with Crippen LogP contribution >= 0.6 is 0 Å². The normalized spacial score (nSPS) is 36.4. The largest absolute Gasteiger partial charge is 0.342 e. The van der Waals surface area contributed by atoms with Gasteiger partial charge >= 0.3 is 0 Å². The maximum atomic E-state index is 11.7. The van der Waals surface area contributed by atoms with Crippen LogP contribution in [0.3, 0.4) is 0 Å². The van der Waals surface area contributed by atoms with Gasteiger partial charge in [-0.1, -0.05) is 18.8 Å². The van der Waals surface area contributed by atoms with Crippen LogP contribution in [0.2, 0.25) is 0 Å². The van der Waals surface area contributed by atoms with Crippen molar-refractivity contribution < 1.29 is 4.79 Å². The molecule has 3 atom stereocenters. The molecule has 2 nitrogen and oxygen atoms in total. The standard InChI is InChI=1S/C12H17NO/c1-3-8(2)13-12(14)11-9-6-4-5-7-10(9)11/h1,8-11H,4-7H2,2H3,(H,13,14). The van der Waals surface area contributed by atoms with Crippen molar-refractivity contribution >= 4 is 5.91 Å². The Bertz CT molecular complexity index is 267. The van der Waals surface area contributed by atoms with Gasteiger partial charge in [0.2, 0.25) is 5.91 Å². The number of hydrogen-bond acceptors (Lipinski definition) is 1. The Kier molecular flexibility index (Phi) is 2.50. The lowest BCUT2D eigenvalue weighted by molar-refractivity contribution is -0.123. The number of carbonyl (C=O) groups is 1. The number of fused-ring (bicyclic) bond motifs is 1. The van der Waals surface area contributed by atoms with Crippen LogP contribution in [0.15, 0.2) is 0 Å². The molecule has 2 saturated carbocycles. The molecule has 0 saturated heterocycles. The summed E-state index contributed by atoms with van der Waals surface area (Å²) in [6.45, 7) is 1.85. The molecular formula is C12H17NO. The molecule has 0 aromatic rings. The second-order valence-corrected chi connectivity index (χ2v) is 4.53. The van der Waals surface area contributed by atoms with Gasteiger partial charge < -0.3 is 5.32 Å². The van der Waals surface area contributed by atoms with E-state index in [0.29, 0.717) is 11.8 Å². The molecule has 0 heterocycles. The Balaban J connectivity index is 1.86. The molecule has 1 amide bonds. The first kappa shape index (κ1) is 9.58. The summed E-state index contributed by atoms with van der Waals surface area (Å²) in [4.78, 5) is 11.7. The monoisotopic (exact) mass is 191 g/mol. The van der Waals surface area contributed by atoms with Crippen molar-refractivity contribution in [2.75, 3.05) is 0 Å². The topological polar surface area (TPSA) is 29.1 Å². The van der Waals surface area contributed by atoms with Crippen molar-refractivity contribution in [2.24, 2.45) is 17.8 Å². The lowest BCUT2D eigenvalue weighted by Gasteiger charge is -2.06. The summed E-state index contributed by atoms with van der Waals surface area (Å²) >= 11 is 0. The smallest absolute Gasteiger partial charge is 0.224 e. The minimum atomic E-state index is -0.120. The first-order valence-corrected chi connectivity index (χ1v) is 5.50. The molecule has 2 rings (SSSR count). The van der Waals surface area contributed by atoms with Crippen molar-refractivity contribution in [3.8, 4) is 12.3 Å². The van der Waals surface area contributed by atoms with Crippen molar-refractivity contribution in [2.45, 2.75) is 38.6 Å². The van der Waals surface area contributed by atoms with Gasteiger partial charge in [0.1, 0.15) is 0 Å². The van der Waals surface area contributed by atoms with E-state index >= 15 is 0 Å². The zero-order chi connectivity index (χ0) is 10.1. The molecule has 2 heteroatoms. The van der Waals surface area contributed by atoms with Crippen molar-refractivity contribution in [1.82, 2.24) is 5.32 Å². The predicted octanol–water partition coefficient (Wildman–Crippen LogP) is 1.56. The third-order valence-corrected chi connectivity index (χ3v) is 3.57. The van der Waals surface area contributed by atoms with E-state index in [1.165, 1.54) is 25.7 Å². The van der Waals surface area contributed by atoms with E-state index in [9.17, 15) is 4.79 Å². The first-order valence-electron chi connectivity index (χ1n) is 5.50. The Morgan fingerprint density at radius 3 is 2.50 bits per heavy atom. The van der Waals surface area contributed by atoms with E-state index < -0.39 is 0 Å². The molecule has 0 aromatic heterocycles. The summed E-state index contributed by atoms with van der Waals surface area (Å²) in [5.41, 5.74) is 0. The maximum Gasteiger partial charge on any atom is 0.224 e. The van der Waals surface area contributed by atoms with Crippen LogP contribution < -0.4 is 5.32 Å². The van der Waals surface area contributed by atoms with E-state index in [0.717, 1.165) is 0 Å². The molecule has 0 aromatic carbocycles. The third kappa shape index (κ3) is 1.64. The fourth-order valence-electron chi connectivity index (χ4n) is 2.73. The van der Waals surface area contributed by atoms with Crippen LogP contribution in [0.4, 0.5) is 0 Å². The maximum absolute atomic E-state index is 11.7. The van der Waals surface area contributed by atoms with Crippen LogP contribution in [0, 0.1) is 30.1 Å². The summed E-state index contributed by atoms with van der Waals surface area (Å²) < 4.78 is 0. The van der Waals surface area contributed by atoms with Crippen molar-refractivity contribution in [3.05, 3.63) is 0 Å². The quantitative estimate of drug-likeness (QED) is 0.659. The SMILES string of the molecule is C#CC(C)NC(=O)C1C2CCCCC21. The summed E-state index contributed by atoms with van der Waals surface area (Å²) in [7, 11) is 0. The Morgan fingerprint density at radius 2 is 2.00 bits per heavy atom. The first-order chi connectivity index (χ1) is 6.74. The second kappa shape index (κ2) is 3.65. The number of terminal acetylenes is 1. The van der Waals surface area contributed by atoms with Crippen molar-refractivity contribution in [1.29, 1.82) is 0 Å². The molecule has 2 fully saturated rings. The summed E-state index contributed by atoms with van der Waals surface area (Å²) in [5, 5.41) is 2.87. The van der Waals surface area contributed by atoms with E-state index in [2.05, 4.69) is 11.2 Å². The van der Waals surface area contributed by atoms with Gasteiger partial charge in [0.15, 0.2) is 0 Å². The highest BCUT2D eigenvalue weighted by atomic mass is 16.2. The van der Waals surface area contributed by atoms with Gasteiger partial charge in [0.05, 0.1) is 6.04 Å². The lowest BCUT2D eigenvalue weighted by atomic mass is 10.0. The highest BCUT2D eigenvalue weighted by molar-refractivity contribution is 5.82. The van der Waals surface area contributed by atoms with Gasteiger partial charge in [0, 0.05) is 5.92 Å². The van der Waals surface area contributed by atoms with Crippen LogP contribution in [-0.2, 0) is 4.79 Å². The average molecular weight is 191 g/mol. The highest BCUT2D eigenvalue weighted by Gasteiger charge is 2.54. The Hall–Kier alpha value is -0.970. The number of hydrogen-bond donors (Lipinski definition) is 1. The second-order valence-electron chi connectivity index (χ2n) is 4.53. The molecule has 14 heavy (non-hydrogen) atoms. The number of amides is 1. The molecule has 0 aliphatic heterocycles. The number of nitrogens with one attached hydrogen (secondary N) is 1.